The smallest absolute Gasteiger partial charge is 0.0441 e. The number of anilines is 1. The van der Waals surface area contributed by atoms with Gasteiger partial charge in [0.1, 0.15) is 0 Å². The molecule has 0 atom stereocenters. The van der Waals surface area contributed by atoms with Gasteiger partial charge in [-0.05, 0) is 24.6 Å². The van der Waals surface area contributed by atoms with Crippen molar-refractivity contribution in [2.24, 2.45) is 0 Å². The van der Waals surface area contributed by atoms with Gasteiger partial charge >= 0.3 is 0 Å². The van der Waals surface area contributed by atoms with Crippen molar-refractivity contribution in [2.45, 2.75) is 6.42 Å². The van der Waals surface area contributed by atoms with Crippen molar-refractivity contribution in [3.63, 3.8) is 0 Å². The van der Waals surface area contributed by atoms with Gasteiger partial charge in [-0.25, -0.2) is 0 Å². The first-order valence-electron chi connectivity index (χ1n) is 4.36. The van der Waals surface area contributed by atoms with Crippen molar-refractivity contribution < 1.29 is 0 Å². The molecule has 0 saturated heterocycles. The first kappa shape index (κ1) is 12.0. The third-order valence-corrected chi connectivity index (χ3v) is 2.62. The van der Waals surface area contributed by atoms with Gasteiger partial charge in [-0.15, -0.1) is 11.6 Å². The average molecular weight is 253 g/mol. The van der Waals surface area contributed by atoms with E-state index in [4.69, 9.17) is 34.8 Å². The number of benzene rings is 1. The summed E-state index contributed by atoms with van der Waals surface area (Å²) >= 11 is 17.4. The Bertz CT molecular complexity index is 281. The summed E-state index contributed by atoms with van der Waals surface area (Å²) in [4.78, 5) is 2.08. The predicted molar refractivity (Wildman–Crippen MR) is 65.1 cm³/mol. The van der Waals surface area contributed by atoms with Gasteiger partial charge in [-0.3, -0.25) is 0 Å². The van der Waals surface area contributed by atoms with Gasteiger partial charge in [0.2, 0.25) is 0 Å². The number of hydrogen-bond donors (Lipinski definition) is 0. The molecule has 78 valence electrons. The van der Waals surface area contributed by atoms with Crippen LogP contribution < -0.4 is 4.90 Å². The fraction of sp³-hybridized carbons (Fsp3) is 0.400. The Balaban J connectivity index is 2.73. The summed E-state index contributed by atoms with van der Waals surface area (Å²) in [5.41, 5.74) is 1.02. The van der Waals surface area contributed by atoms with Crippen LogP contribution in [0.5, 0.6) is 0 Å². The maximum absolute atomic E-state index is 5.89. The summed E-state index contributed by atoms with van der Waals surface area (Å²) in [5.74, 6) is 0.665. The minimum atomic E-state index is 0.658. The van der Waals surface area contributed by atoms with Crippen molar-refractivity contribution in [1.82, 2.24) is 0 Å². The highest BCUT2D eigenvalue weighted by Gasteiger charge is 2.02. The standard InChI is InChI=1S/C10H12Cl3N/c1-14(4-2-3-11)10-6-8(12)5-9(13)7-10/h5-7H,2-4H2,1H3. The fourth-order valence-electron chi connectivity index (χ4n) is 1.19. The van der Waals surface area contributed by atoms with Crippen LogP contribution in [-0.2, 0) is 0 Å². The van der Waals surface area contributed by atoms with Crippen LogP contribution in [0.2, 0.25) is 10.0 Å². The van der Waals surface area contributed by atoms with Gasteiger partial charge in [-0.1, -0.05) is 23.2 Å². The average Bonchev–Trinajstić information content (AvgIpc) is 2.12. The predicted octanol–water partition coefficient (Wildman–Crippen LogP) is 4.06. The third-order valence-electron chi connectivity index (χ3n) is 1.92. The Morgan fingerprint density at radius 1 is 1.14 bits per heavy atom. The lowest BCUT2D eigenvalue weighted by Gasteiger charge is -2.19. The van der Waals surface area contributed by atoms with E-state index in [1.54, 1.807) is 6.07 Å². The van der Waals surface area contributed by atoms with Gasteiger partial charge in [0, 0.05) is 35.2 Å². The second kappa shape index (κ2) is 5.69. The highest BCUT2D eigenvalue weighted by Crippen LogP contribution is 2.24. The molecule has 0 unspecified atom stereocenters. The molecule has 0 fully saturated rings. The molecular weight excluding hydrogens is 240 g/mol. The summed E-state index contributed by atoms with van der Waals surface area (Å²) in [6, 6.07) is 5.51. The van der Waals surface area contributed by atoms with Crippen molar-refractivity contribution in [1.29, 1.82) is 0 Å². The molecule has 1 aromatic rings. The number of alkyl halides is 1. The van der Waals surface area contributed by atoms with Crippen molar-refractivity contribution in [2.75, 3.05) is 24.4 Å². The molecule has 0 aliphatic carbocycles. The van der Waals surface area contributed by atoms with Gasteiger partial charge in [0.15, 0.2) is 0 Å². The zero-order chi connectivity index (χ0) is 10.6. The van der Waals surface area contributed by atoms with Crippen LogP contribution in [0.1, 0.15) is 6.42 Å². The SMILES string of the molecule is CN(CCCCl)c1cc(Cl)cc(Cl)c1. The molecule has 1 rings (SSSR count). The highest BCUT2D eigenvalue weighted by molar-refractivity contribution is 6.35. The van der Waals surface area contributed by atoms with Crippen LogP contribution in [0.4, 0.5) is 5.69 Å². The summed E-state index contributed by atoms with van der Waals surface area (Å²) in [7, 11) is 1.99. The second-order valence-corrected chi connectivity index (χ2v) is 4.34. The van der Waals surface area contributed by atoms with Crippen LogP contribution in [0, 0.1) is 0 Å². The Kier molecular flexibility index (Phi) is 4.86. The molecule has 0 saturated carbocycles. The van der Waals surface area contributed by atoms with Gasteiger partial charge in [0.05, 0.1) is 0 Å². The number of rotatable bonds is 4. The molecule has 14 heavy (non-hydrogen) atoms. The Labute approximate surface area is 99.6 Å². The largest absolute Gasteiger partial charge is 0.374 e. The topological polar surface area (TPSA) is 3.24 Å². The van der Waals surface area contributed by atoms with E-state index in [9.17, 15) is 0 Å². The monoisotopic (exact) mass is 251 g/mol. The van der Waals surface area contributed by atoms with Crippen LogP contribution >= 0.6 is 34.8 Å². The molecule has 1 aromatic carbocycles. The number of nitrogens with zero attached hydrogens (tertiary/aromatic N) is 1. The summed E-state index contributed by atoms with van der Waals surface area (Å²) in [6.45, 7) is 0.903. The molecule has 0 N–H and O–H groups in total. The van der Waals surface area contributed by atoms with E-state index in [0.29, 0.717) is 15.9 Å². The summed E-state index contributed by atoms with van der Waals surface area (Å²) in [5, 5.41) is 1.32. The lowest BCUT2D eigenvalue weighted by Crippen LogP contribution is -2.18. The molecule has 0 aliphatic rings. The summed E-state index contributed by atoms with van der Waals surface area (Å²) in [6.07, 6.45) is 0.947. The van der Waals surface area contributed by atoms with Gasteiger partial charge in [-0.2, -0.15) is 0 Å². The summed E-state index contributed by atoms with van der Waals surface area (Å²) < 4.78 is 0. The molecule has 0 heterocycles. The van der Waals surface area contributed by atoms with E-state index in [-0.39, 0.29) is 0 Å². The van der Waals surface area contributed by atoms with Crippen LogP contribution in [0.3, 0.4) is 0 Å². The van der Waals surface area contributed by atoms with E-state index in [2.05, 4.69) is 4.90 Å². The normalized spacial score (nSPS) is 10.3. The van der Waals surface area contributed by atoms with Gasteiger partial charge < -0.3 is 4.90 Å². The number of halogens is 3. The highest BCUT2D eigenvalue weighted by atomic mass is 35.5. The Hall–Kier alpha value is -0.110. The molecule has 1 nitrogen and oxygen atoms in total. The van der Waals surface area contributed by atoms with Gasteiger partial charge in [0.25, 0.3) is 0 Å². The van der Waals surface area contributed by atoms with E-state index in [1.165, 1.54) is 0 Å². The van der Waals surface area contributed by atoms with Crippen LogP contribution in [0.15, 0.2) is 18.2 Å². The van der Waals surface area contributed by atoms with Crippen LogP contribution in [-0.4, -0.2) is 19.5 Å². The molecular formula is C10H12Cl3N. The second-order valence-electron chi connectivity index (χ2n) is 3.09. The molecule has 0 spiro atoms. The molecule has 0 radical (unpaired) electrons. The van der Waals surface area contributed by atoms with Crippen molar-refractivity contribution >= 4 is 40.5 Å². The third kappa shape index (κ3) is 3.56. The first-order chi connectivity index (χ1) is 6.63. The first-order valence-corrected chi connectivity index (χ1v) is 5.65. The minimum Gasteiger partial charge on any atom is -0.374 e. The Morgan fingerprint density at radius 2 is 1.71 bits per heavy atom. The molecule has 0 aliphatic heterocycles. The molecule has 0 aromatic heterocycles. The van der Waals surface area contributed by atoms with E-state index >= 15 is 0 Å². The van der Waals surface area contributed by atoms with E-state index < -0.39 is 0 Å². The van der Waals surface area contributed by atoms with Crippen LogP contribution in [0.25, 0.3) is 0 Å². The zero-order valence-corrected chi connectivity index (χ0v) is 10.2. The Morgan fingerprint density at radius 3 is 2.21 bits per heavy atom. The minimum absolute atomic E-state index is 0.658. The lowest BCUT2D eigenvalue weighted by atomic mass is 10.3. The molecule has 0 amide bonds. The maximum atomic E-state index is 5.89. The van der Waals surface area contributed by atoms with Crippen molar-refractivity contribution in [3.8, 4) is 0 Å². The quantitative estimate of drug-likeness (QED) is 0.731. The van der Waals surface area contributed by atoms with E-state index in [1.807, 2.05) is 19.2 Å². The number of hydrogen-bond acceptors (Lipinski definition) is 1. The van der Waals surface area contributed by atoms with Crippen molar-refractivity contribution in [3.05, 3.63) is 28.2 Å². The molecule has 0 bridgehead atoms. The maximum Gasteiger partial charge on any atom is 0.0441 e. The lowest BCUT2D eigenvalue weighted by molar-refractivity contribution is 0.857. The van der Waals surface area contributed by atoms with E-state index in [0.717, 1.165) is 18.7 Å². The zero-order valence-electron chi connectivity index (χ0n) is 7.93. The molecule has 4 heteroatoms. The fourth-order valence-corrected chi connectivity index (χ4v) is 1.82.